The van der Waals surface area contributed by atoms with E-state index in [9.17, 15) is 172 Å². The van der Waals surface area contributed by atoms with Crippen molar-refractivity contribution in [3.05, 3.63) is 0 Å². The third kappa shape index (κ3) is 9.80. The molecule has 66 heavy (non-hydrogen) atoms. The van der Waals surface area contributed by atoms with Crippen LogP contribution in [0.15, 0.2) is 0 Å². The van der Waals surface area contributed by atoms with E-state index in [2.05, 4.69) is 9.47 Å². The summed E-state index contributed by atoms with van der Waals surface area (Å²) in [6.07, 6.45) is -23.8. The van der Waals surface area contributed by atoms with E-state index in [4.69, 9.17) is 0 Å². The summed E-state index contributed by atoms with van der Waals surface area (Å²) in [6, 6.07) is 0. The second-order valence-electron chi connectivity index (χ2n) is 12.0. The van der Waals surface area contributed by atoms with Crippen LogP contribution in [0, 0.1) is 0 Å². The number of rotatable bonds is 21. The second-order valence-corrected chi connectivity index (χ2v) is 13.5. The van der Waals surface area contributed by atoms with E-state index >= 15 is 0 Å². The molecule has 0 heterocycles. The Morgan fingerprint density at radius 2 is 0.515 bits per heavy atom. The zero-order valence-electron chi connectivity index (χ0n) is 29.5. The maximum atomic E-state index is 14.0. The first-order valence-corrected chi connectivity index (χ1v) is 15.8. The van der Waals surface area contributed by atoms with E-state index in [0.717, 1.165) is 0 Å². The van der Waals surface area contributed by atoms with Gasteiger partial charge in [-0.05, 0) is 0 Å². The zero-order chi connectivity index (χ0) is 53.5. The number of hydrogen-bond acceptors (Lipinski definition) is 7. The molecule has 0 atom stereocenters. The minimum absolute atomic E-state index is 0. The third-order valence-electron chi connectivity index (χ3n) is 7.61. The van der Waals surface area contributed by atoms with Gasteiger partial charge in [-0.25, -0.2) is 8.42 Å². The molecule has 0 aromatic carbocycles. The molecule has 0 aliphatic rings. The Morgan fingerprint density at radius 1 is 0.348 bits per heavy atom. The van der Waals surface area contributed by atoms with Crippen molar-refractivity contribution in [2.75, 3.05) is 13.2 Å². The van der Waals surface area contributed by atoms with E-state index in [-0.39, 0.29) is 29.6 Å². The number of hydrogen-bond donors (Lipinski definition) is 0. The number of alkyl halides is 34. The van der Waals surface area contributed by atoms with Crippen LogP contribution in [0.3, 0.4) is 0 Å². The molecule has 0 bridgehead atoms. The molecule has 0 rings (SSSR count). The van der Waals surface area contributed by atoms with Gasteiger partial charge in [0.15, 0.2) is 0 Å². The van der Waals surface area contributed by atoms with Gasteiger partial charge in [0, 0.05) is 0 Å². The quantitative estimate of drug-likeness (QED) is 0.0410. The standard InChI is InChI=1S/C23H10F34O7S.Na/c24-8(25,10(28,29)12(32,33)14(36,37)16(40,41)18(44,45)20(48,49)22(52,53)54)1-3-63-6(58)5(65(60,61)62)7(59)64-4-2-9(26,27)11(30,31)13(34,35)15(38,39)17(42,43)19(46,47)21(50,51)23(55,56)57;/h5H,1-4H2,(H,60,61,62);/q;+1/p-1. The van der Waals surface area contributed by atoms with Crippen LogP contribution in [0.1, 0.15) is 12.8 Å². The van der Waals surface area contributed by atoms with Crippen LogP contribution in [-0.2, 0) is 29.2 Å². The number of carbonyl (C=O) groups excluding carboxylic acids is 2. The predicted molar refractivity (Wildman–Crippen MR) is 126 cm³/mol. The first-order valence-electron chi connectivity index (χ1n) is 14.3. The van der Waals surface area contributed by atoms with Crippen LogP contribution >= 0.6 is 0 Å². The average Bonchev–Trinajstić information content (AvgIpc) is 3.05. The fraction of sp³-hybridized carbons (Fsp3) is 0.913. The van der Waals surface area contributed by atoms with Crippen molar-refractivity contribution in [3.63, 3.8) is 0 Å². The Bertz CT molecular complexity index is 1740. The van der Waals surface area contributed by atoms with Gasteiger partial charge in [-0.2, -0.15) is 149 Å². The van der Waals surface area contributed by atoms with Crippen LogP contribution in [0.25, 0.3) is 0 Å². The normalized spacial score (nSPS) is 16.0. The minimum Gasteiger partial charge on any atom is -0.747 e. The second kappa shape index (κ2) is 18.0. The third-order valence-corrected chi connectivity index (χ3v) is 8.57. The molecule has 0 aliphatic heterocycles. The van der Waals surface area contributed by atoms with Gasteiger partial charge in [0.2, 0.25) is 5.25 Å². The van der Waals surface area contributed by atoms with Crippen molar-refractivity contribution in [2.24, 2.45) is 0 Å². The average molecular weight is 1100 g/mol. The summed E-state index contributed by atoms with van der Waals surface area (Å²) in [7, 11) is -7.14. The van der Waals surface area contributed by atoms with Gasteiger partial charge in [-0.15, -0.1) is 0 Å². The Balaban J connectivity index is 0. The smallest absolute Gasteiger partial charge is 0.747 e. The predicted octanol–water partition coefficient (Wildman–Crippen LogP) is 6.79. The molecule has 0 aliphatic carbocycles. The summed E-state index contributed by atoms with van der Waals surface area (Å²) >= 11 is 0. The van der Waals surface area contributed by atoms with Gasteiger partial charge in [0.05, 0.1) is 26.1 Å². The Labute approximate surface area is 359 Å². The summed E-state index contributed by atoms with van der Waals surface area (Å²) in [5, 5.41) is -4.70. The van der Waals surface area contributed by atoms with E-state index in [1.807, 2.05) is 0 Å². The zero-order valence-corrected chi connectivity index (χ0v) is 32.3. The molecule has 7 nitrogen and oxygen atoms in total. The molecule has 0 aromatic heterocycles. The van der Waals surface area contributed by atoms with Crippen LogP contribution in [-0.4, -0.2) is 139 Å². The van der Waals surface area contributed by atoms with Gasteiger partial charge in [0.1, 0.15) is 10.1 Å². The van der Waals surface area contributed by atoms with Crippen molar-refractivity contribution in [2.45, 2.75) is 113 Å². The van der Waals surface area contributed by atoms with Crippen molar-refractivity contribution in [1.82, 2.24) is 0 Å². The molecule has 0 N–H and O–H groups in total. The van der Waals surface area contributed by atoms with Crippen molar-refractivity contribution >= 4 is 22.1 Å². The van der Waals surface area contributed by atoms with Gasteiger partial charge >= 0.3 is 137 Å². The number of ether oxygens (including phenoxy) is 2. The van der Waals surface area contributed by atoms with Gasteiger partial charge in [-0.3, -0.25) is 9.59 Å². The van der Waals surface area contributed by atoms with E-state index < -0.39 is 149 Å². The van der Waals surface area contributed by atoms with Crippen molar-refractivity contribution in [3.8, 4) is 0 Å². The van der Waals surface area contributed by atoms with Gasteiger partial charge < -0.3 is 14.0 Å². The van der Waals surface area contributed by atoms with Crippen LogP contribution in [0.5, 0.6) is 0 Å². The largest absolute Gasteiger partial charge is 1.00 e. The number of carbonyl (C=O) groups is 2. The summed E-state index contributed by atoms with van der Waals surface area (Å²) < 4.78 is 493. The molecule has 0 aromatic rings. The molecule has 0 saturated heterocycles. The monoisotopic (exact) mass is 1100 g/mol. The molecule has 0 spiro atoms. The van der Waals surface area contributed by atoms with Crippen LogP contribution < -0.4 is 29.6 Å². The topological polar surface area (TPSA) is 110 Å². The maximum Gasteiger partial charge on any atom is 1.00 e. The van der Waals surface area contributed by atoms with E-state index in [1.54, 1.807) is 0 Å². The molecule has 0 saturated carbocycles. The first kappa shape index (κ1) is 65.6. The Morgan fingerprint density at radius 3 is 0.682 bits per heavy atom. The molecule has 43 heteroatoms. The maximum absolute atomic E-state index is 14.0. The Kier molecular flexibility index (Phi) is 17.9. The van der Waals surface area contributed by atoms with Crippen LogP contribution in [0.2, 0.25) is 0 Å². The number of esters is 2. The number of halogens is 34. The molecule has 388 valence electrons. The van der Waals surface area contributed by atoms with Crippen molar-refractivity contribution in [1.29, 1.82) is 0 Å². The first-order chi connectivity index (χ1) is 27.6. The fourth-order valence-corrected chi connectivity index (χ4v) is 4.36. The van der Waals surface area contributed by atoms with E-state index in [1.165, 1.54) is 0 Å². The fourth-order valence-electron chi connectivity index (χ4n) is 3.75. The summed E-state index contributed by atoms with van der Waals surface area (Å²) in [4.78, 5) is 23.5. The Hall–Kier alpha value is -2.53. The van der Waals surface area contributed by atoms with Crippen molar-refractivity contribution < 1.29 is 211 Å². The summed E-state index contributed by atoms with van der Waals surface area (Å²) in [5.41, 5.74) is 0. The molecule has 0 amide bonds. The molecular weight excluding hydrogens is 1090 g/mol. The van der Waals surface area contributed by atoms with E-state index in [0.29, 0.717) is 0 Å². The summed E-state index contributed by atoms with van der Waals surface area (Å²) in [5.74, 6) is -129. The van der Waals surface area contributed by atoms with Gasteiger partial charge in [0.25, 0.3) is 0 Å². The SMILES string of the molecule is O=C(OCCC(F)(F)C(F)(F)C(F)(F)C(F)(F)C(F)(F)C(F)(F)C(F)(F)C(F)(F)F)C(C(=O)OCCC(F)(F)C(F)(F)C(F)(F)C(F)(F)C(F)(F)C(F)(F)C(F)(F)C(F)(F)F)S(=O)(=O)[O-].[Na+]. The molecule has 0 fully saturated rings. The molecule has 0 unspecified atom stereocenters. The summed E-state index contributed by atoms with van der Waals surface area (Å²) in [6.45, 7) is -6.35. The van der Waals surface area contributed by atoms with Crippen LogP contribution in [0.4, 0.5) is 149 Å². The minimum atomic E-state index is -9.15. The van der Waals surface area contributed by atoms with Gasteiger partial charge in [-0.1, -0.05) is 0 Å². The molecule has 0 radical (unpaired) electrons. The molecular formula is C23H9F34NaO7S.